The second-order valence-corrected chi connectivity index (χ2v) is 6.27. The van der Waals surface area contributed by atoms with Crippen molar-refractivity contribution in [1.29, 1.82) is 0 Å². The second kappa shape index (κ2) is 8.39. The first-order valence-corrected chi connectivity index (χ1v) is 8.76. The fourth-order valence-electron chi connectivity index (χ4n) is 2.56. The molecule has 1 heterocycles. The number of benzene rings is 2. The van der Waals surface area contributed by atoms with Gasteiger partial charge in [0.1, 0.15) is 5.58 Å². The molecule has 8 nitrogen and oxygen atoms in total. The smallest absolute Gasteiger partial charge is 0.375 e. The highest BCUT2D eigenvalue weighted by molar-refractivity contribution is 5.97. The van der Waals surface area contributed by atoms with Crippen molar-refractivity contribution >= 4 is 40.1 Å². The molecule has 0 saturated heterocycles. The van der Waals surface area contributed by atoms with Gasteiger partial charge in [-0.3, -0.25) is 14.4 Å². The maximum absolute atomic E-state index is 12.3. The predicted octanol–water partition coefficient (Wildman–Crippen LogP) is 2.94. The summed E-state index contributed by atoms with van der Waals surface area (Å²) in [7, 11) is 0. The molecule has 2 amide bonds. The van der Waals surface area contributed by atoms with E-state index in [1.807, 2.05) is 0 Å². The van der Waals surface area contributed by atoms with Gasteiger partial charge in [-0.25, -0.2) is 4.79 Å². The number of fused-ring (bicyclic) bond motifs is 1. The van der Waals surface area contributed by atoms with Crippen molar-refractivity contribution in [3.8, 4) is 0 Å². The number of hydrogen-bond donors (Lipinski definition) is 2. The molecule has 1 aromatic heterocycles. The Morgan fingerprint density at radius 1 is 0.966 bits per heavy atom. The average molecular weight is 394 g/mol. The molecule has 0 aliphatic rings. The summed E-state index contributed by atoms with van der Waals surface area (Å²) in [4.78, 5) is 47.7. The number of para-hydroxylation sites is 1. The third-order valence-electron chi connectivity index (χ3n) is 3.96. The van der Waals surface area contributed by atoms with Crippen molar-refractivity contribution < 1.29 is 23.5 Å². The van der Waals surface area contributed by atoms with Crippen LogP contribution in [0.5, 0.6) is 0 Å². The molecule has 0 aliphatic heterocycles. The fourth-order valence-corrected chi connectivity index (χ4v) is 2.56. The molecule has 0 unspecified atom stereocenters. The number of carbonyl (C=O) groups is 3. The van der Waals surface area contributed by atoms with Crippen molar-refractivity contribution in [2.45, 2.75) is 20.0 Å². The lowest BCUT2D eigenvalue weighted by Crippen LogP contribution is -2.30. The highest BCUT2D eigenvalue weighted by Crippen LogP contribution is 2.15. The van der Waals surface area contributed by atoms with Crippen LogP contribution in [0.4, 0.5) is 11.4 Å². The van der Waals surface area contributed by atoms with Crippen molar-refractivity contribution in [1.82, 2.24) is 0 Å². The fraction of sp³-hybridized carbons (Fsp3) is 0.143. The van der Waals surface area contributed by atoms with Crippen LogP contribution in [0.1, 0.15) is 24.4 Å². The molecule has 29 heavy (non-hydrogen) atoms. The van der Waals surface area contributed by atoms with Gasteiger partial charge in [0.25, 0.3) is 5.91 Å². The van der Waals surface area contributed by atoms with Crippen LogP contribution in [0.2, 0.25) is 0 Å². The Hall–Kier alpha value is -3.94. The lowest BCUT2D eigenvalue weighted by Gasteiger charge is -2.13. The quantitative estimate of drug-likeness (QED) is 0.643. The maximum Gasteiger partial charge on any atom is 0.375 e. The highest BCUT2D eigenvalue weighted by atomic mass is 16.6. The van der Waals surface area contributed by atoms with E-state index in [1.165, 1.54) is 13.8 Å². The Labute approximate surface area is 165 Å². The first kappa shape index (κ1) is 19.8. The van der Waals surface area contributed by atoms with Gasteiger partial charge in [-0.15, -0.1) is 0 Å². The number of hydrogen-bond acceptors (Lipinski definition) is 6. The summed E-state index contributed by atoms with van der Waals surface area (Å²) in [5.41, 5.74) is 0.920. The minimum atomic E-state index is -1.13. The van der Waals surface area contributed by atoms with Gasteiger partial charge >= 0.3 is 5.97 Å². The van der Waals surface area contributed by atoms with Crippen LogP contribution >= 0.6 is 0 Å². The van der Waals surface area contributed by atoms with E-state index in [0.717, 1.165) is 6.07 Å². The molecule has 8 heteroatoms. The van der Waals surface area contributed by atoms with E-state index in [4.69, 9.17) is 9.15 Å². The molecule has 0 saturated carbocycles. The summed E-state index contributed by atoms with van der Waals surface area (Å²) in [5, 5.41) is 5.56. The summed E-state index contributed by atoms with van der Waals surface area (Å²) in [6.45, 7) is 2.79. The highest BCUT2D eigenvalue weighted by Gasteiger charge is 2.21. The second-order valence-electron chi connectivity index (χ2n) is 6.27. The zero-order chi connectivity index (χ0) is 21.0. The molecule has 0 spiro atoms. The minimum Gasteiger partial charge on any atom is -0.449 e. The summed E-state index contributed by atoms with van der Waals surface area (Å²) in [6, 6.07) is 14.0. The van der Waals surface area contributed by atoms with E-state index in [9.17, 15) is 19.2 Å². The largest absolute Gasteiger partial charge is 0.449 e. The Balaban J connectivity index is 1.65. The normalized spacial score (nSPS) is 11.5. The van der Waals surface area contributed by atoms with Gasteiger partial charge in [-0.1, -0.05) is 12.1 Å². The van der Waals surface area contributed by atoms with E-state index in [2.05, 4.69) is 10.6 Å². The SMILES string of the molecule is CC(=O)Nc1ccc(NC(=O)[C@@H](C)OC(=O)c2cc(=O)c3ccccc3o2)cc1. The Bertz CT molecular complexity index is 1130. The zero-order valence-corrected chi connectivity index (χ0v) is 15.7. The van der Waals surface area contributed by atoms with Gasteiger partial charge in [0.2, 0.25) is 11.7 Å². The summed E-state index contributed by atoms with van der Waals surface area (Å²) < 4.78 is 10.5. The van der Waals surface area contributed by atoms with Crippen LogP contribution < -0.4 is 16.1 Å². The molecule has 0 fully saturated rings. The van der Waals surface area contributed by atoms with Gasteiger partial charge in [0.05, 0.1) is 5.39 Å². The topological polar surface area (TPSA) is 115 Å². The van der Waals surface area contributed by atoms with E-state index in [-0.39, 0.29) is 22.7 Å². The number of anilines is 2. The third-order valence-corrected chi connectivity index (χ3v) is 3.96. The van der Waals surface area contributed by atoms with Crippen molar-refractivity contribution in [2.24, 2.45) is 0 Å². The van der Waals surface area contributed by atoms with E-state index < -0.39 is 18.0 Å². The number of rotatable bonds is 5. The van der Waals surface area contributed by atoms with E-state index in [0.29, 0.717) is 16.8 Å². The van der Waals surface area contributed by atoms with Crippen molar-refractivity contribution in [2.75, 3.05) is 10.6 Å². The summed E-state index contributed by atoms with van der Waals surface area (Å²) in [5.74, 6) is -1.97. The van der Waals surface area contributed by atoms with E-state index in [1.54, 1.807) is 48.5 Å². The molecular weight excluding hydrogens is 376 g/mol. The van der Waals surface area contributed by atoms with Crippen LogP contribution in [0.3, 0.4) is 0 Å². The van der Waals surface area contributed by atoms with E-state index >= 15 is 0 Å². The number of nitrogens with one attached hydrogen (secondary N) is 2. The molecule has 1 atom stereocenters. The van der Waals surface area contributed by atoms with Crippen LogP contribution in [-0.2, 0) is 14.3 Å². The number of ether oxygens (including phenoxy) is 1. The molecule has 0 aliphatic carbocycles. The van der Waals surface area contributed by atoms with Crippen molar-refractivity contribution in [3.63, 3.8) is 0 Å². The minimum absolute atomic E-state index is 0.206. The Morgan fingerprint density at radius 2 is 1.59 bits per heavy atom. The Kier molecular flexibility index (Phi) is 5.73. The van der Waals surface area contributed by atoms with Crippen LogP contribution in [-0.4, -0.2) is 23.9 Å². The standard InChI is InChI=1S/C21H18N2O6/c1-12(20(26)23-15-9-7-14(8-10-15)22-13(2)24)28-21(27)19-11-17(25)16-5-3-4-6-18(16)29-19/h3-12H,1-2H3,(H,22,24)(H,23,26)/t12-/m1/s1. The van der Waals surface area contributed by atoms with Crippen LogP contribution in [0, 0.1) is 0 Å². The lowest BCUT2D eigenvalue weighted by atomic mass is 10.2. The Morgan fingerprint density at radius 3 is 2.24 bits per heavy atom. The maximum atomic E-state index is 12.3. The number of esters is 1. The molecule has 2 N–H and O–H groups in total. The first-order chi connectivity index (χ1) is 13.8. The molecule has 0 radical (unpaired) electrons. The van der Waals surface area contributed by atoms with Gasteiger partial charge in [-0.2, -0.15) is 0 Å². The predicted molar refractivity (Wildman–Crippen MR) is 107 cm³/mol. The first-order valence-electron chi connectivity index (χ1n) is 8.76. The van der Waals surface area contributed by atoms with Crippen LogP contribution in [0.15, 0.2) is 63.8 Å². The van der Waals surface area contributed by atoms with Crippen LogP contribution in [0.25, 0.3) is 11.0 Å². The van der Waals surface area contributed by atoms with Gasteiger partial charge in [-0.05, 0) is 43.3 Å². The number of amides is 2. The number of carbonyl (C=O) groups excluding carboxylic acids is 3. The molecular formula is C21H18N2O6. The lowest BCUT2D eigenvalue weighted by molar-refractivity contribution is -0.123. The van der Waals surface area contributed by atoms with Gasteiger partial charge in [0.15, 0.2) is 11.5 Å². The zero-order valence-electron chi connectivity index (χ0n) is 15.7. The summed E-state index contributed by atoms with van der Waals surface area (Å²) >= 11 is 0. The third kappa shape index (κ3) is 4.86. The monoisotopic (exact) mass is 394 g/mol. The van der Waals surface area contributed by atoms with Gasteiger partial charge in [0, 0.05) is 24.4 Å². The molecule has 3 rings (SSSR count). The molecule has 3 aromatic rings. The van der Waals surface area contributed by atoms with Crippen molar-refractivity contribution in [3.05, 3.63) is 70.6 Å². The molecule has 148 valence electrons. The molecule has 2 aromatic carbocycles. The average Bonchev–Trinajstić information content (AvgIpc) is 2.69. The van der Waals surface area contributed by atoms with Gasteiger partial charge < -0.3 is 19.8 Å². The molecule has 0 bridgehead atoms. The summed E-state index contributed by atoms with van der Waals surface area (Å²) in [6.07, 6.45) is -1.13.